The maximum absolute atomic E-state index is 12.7. The highest BCUT2D eigenvalue weighted by atomic mass is 32.2. The largest absolute Gasteiger partial charge is 0.496 e. The fraction of sp³-hybridized carbons (Fsp3) is 0.235. The molecule has 0 atom stereocenters. The molecule has 0 saturated heterocycles. The number of carbonyl (C=O) groups excluding carboxylic acids is 1. The van der Waals surface area contributed by atoms with Crippen molar-refractivity contribution in [1.29, 1.82) is 0 Å². The summed E-state index contributed by atoms with van der Waals surface area (Å²) in [4.78, 5) is 11.9. The number of benzene rings is 2. The van der Waals surface area contributed by atoms with Gasteiger partial charge in [-0.3, -0.25) is 9.52 Å². The quantitative estimate of drug-likeness (QED) is 0.786. The molecule has 0 fully saturated rings. The topological polar surface area (TPSA) is 93.7 Å². The molecule has 2 aromatic carbocycles. The number of rotatable bonds is 7. The molecule has 0 aliphatic carbocycles. The first kappa shape index (κ1) is 18.6. The smallest absolute Gasteiger partial charge is 0.262 e. The molecular weight excluding hydrogens is 344 g/mol. The SMILES string of the molecule is CCOc1ccccc1NS(=O)(=O)c1ccc(OC)c(C(=O)NC)c1. The molecule has 2 rings (SSSR count). The minimum absolute atomic E-state index is 0.0572. The Labute approximate surface area is 147 Å². The number of anilines is 1. The number of hydrogen-bond donors (Lipinski definition) is 2. The van der Waals surface area contributed by atoms with Crippen molar-refractivity contribution in [2.45, 2.75) is 11.8 Å². The Morgan fingerprint density at radius 3 is 2.48 bits per heavy atom. The Bertz CT molecular complexity index is 865. The van der Waals surface area contributed by atoms with Crippen molar-refractivity contribution in [2.24, 2.45) is 0 Å². The van der Waals surface area contributed by atoms with E-state index < -0.39 is 15.9 Å². The summed E-state index contributed by atoms with van der Waals surface area (Å²) in [6.45, 7) is 2.21. The van der Waals surface area contributed by atoms with E-state index in [4.69, 9.17) is 9.47 Å². The molecule has 2 N–H and O–H groups in total. The third kappa shape index (κ3) is 4.21. The van der Waals surface area contributed by atoms with Gasteiger partial charge in [-0.05, 0) is 37.3 Å². The van der Waals surface area contributed by atoms with Gasteiger partial charge in [0, 0.05) is 7.05 Å². The molecule has 0 radical (unpaired) electrons. The van der Waals surface area contributed by atoms with E-state index in [9.17, 15) is 13.2 Å². The van der Waals surface area contributed by atoms with Gasteiger partial charge >= 0.3 is 0 Å². The number of nitrogens with one attached hydrogen (secondary N) is 2. The highest BCUT2D eigenvalue weighted by Crippen LogP contribution is 2.28. The summed E-state index contributed by atoms with van der Waals surface area (Å²) in [5, 5.41) is 2.46. The van der Waals surface area contributed by atoms with Crippen LogP contribution < -0.4 is 19.5 Å². The van der Waals surface area contributed by atoms with Crippen LogP contribution in [0.4, 0.5) is 5.69 Å². The zero-order valence-corrected chi connectivity index (χ0v) is 15.0. The molecule has 0 aliphatic heterocycles. The summed E-state index contributed by atoms with van der Waals surface area (Å²) in [7, 11) is -1.04. The molecule has 134 valence electrons. The van der Waals surface area contributed by atoms with E-state index in [0.717, 1.165) is 0 Å². The average Bonchev–Trinajstić information content (AvgIpc) is 2.62. The van der Waals surface area contributed by atoms with Crippen molar-refractivity contribution >= 4 is 21.6 Å². The Kier molecular flexibility index (Phi) is 5.87. The van der Waals surface area contributed by atoms with Crippen LogP contribution in [-0.4, -0.2) is 35.1 Å². The number of ether oxygens (including phenoxy) is 2. The predicted molar refractivity (Wildman–Crippen MR) is 94.8 cm³/mol. The molecule has 1 amide bonds. The molecule has 8 heteroatoms. The van der Waals surface area contributed by atoms with Gasteiger partial charge in [0.2, 0.25) is 0 Å². The summed E-state index contributed by atoms with van der Waals surface area (Å²) in [5.41, 5.74) is 0.452. The molecule has 0 saturated carbocycles. The van der Waals surface area contributed by atoms with Crippen molar-refractivity contribution in [3.8, 4) is 11.5 Å². The van der Waals surface area contributed by atoms with Gasteiger partial charge in [0.1, 0.15) is 11.5 Å². The number of methoxy groups -OCH3 is 1. The first-order valence-corrected chi connectivity index (χ1v) is 9.06. The van der Waals surface area contributed by atoms with E-state index in [-0.39, 0.29) is 16.2 Å². The zero-order valence-electron chi connectivity index (χ0n) is 14.2. The lowest BCUT2D eigenvalue weighted by molar-refractivity contribution is 0.0960. The van der Waals surface area contributed by atoms with Gasteiger partial charge in [-0.25, -0.2) is 8.42 Å². The lowest BCUT2D eigenvalue weighted by Crippen LogP contribution is -2.20. The van der Waals surface area contributed by atoms with E-state index in [1.165, 1.54) is 32.4 Å². The number of carbonyl (C=O) groups is 1. The minimum atomic E-state index is -3.91. The molecule has 0 unspecified atom stereocenters. The molecule has 7 nitrogen and oxygen atoms in total. The summed E-state index contributed by atoms with van der Waals surface area (Å²) in [6.07, 6.45) is 0. The van der Waals surface area contributed by atoms with Gasteiger partial charge in [0.25, 0.3) is 15.9 Å². The van der Waals surface area contributed by atoms with Crippen LogP contribution in [0.25, 0.3) is 0 Å². The van der Waals surface area contributed by atoms with Crippen LogP contribution in [0.3, 0.4) is 0 Å². The molecule has 0 aliphatic rings. The molecule has 2 aromatic rings. The van der Waals surface area contributed by atoms with Crippen molar-refractivity contribution in [3.05, 3.63) is 48.0 Å². The van der Waals surface area contributed by atoms with E-state index in [1.54, 1.807) is 24.3 Å². The van der Waals surface area contributed by atoms with E-state index in [0.29, 0.717) is 18.0 Å². The standard InChI is InChI=1S/C17H20N2O5S/c1-4-24-16-8-6-5-7-14(16)19-25(21,22)12-9-10-15(23-3)13(11-12)17(20)18-2/h5-11,19H,4H2,1-3H3,(H,18,20). The van der Waals surface area contributed by atoms with Gasteiger partial charge in [-0.1, -0.05) is 12.1 Å². The van der Waals surface area contributed by atoms with Crippen LogP contribution in [0.1, 0.15) is 17.3 Å². The molecule has 0 heterocycles. The monoisotopic (exact) mass is 364 g/mol. The normalized spacial score (nSPS) is 10.8. The van der Waals surface area contributed by atoms with Crippen LogP contribution in [0.15, 0.2) is 47.4 Å². The van der Waals surface area contributed by atoms with Crippen molar-refractivity contribution in [3.63, 3.8) is 0 Å². The maximum atomic E-state index is 12.7. The van der Waals surface area contributed by atoms with Crippen molar-refractivity contribution < 1.29 is 22.7 Å². The lowest BCUT2D eigenvalue weighted by atomic mass is 10.2. The van der Waals surface area contributed by atoms with E-state index in [2.05, 4.69) is 10.0 Å². The summed E-state index contributed by atoms with van der Waals surface area (Å²) < 4.78 is 38.4. The lowest BCUT2D eigenvalue weighted by Gasteiger charge is -2.14. The van der Waals surface area contributed by atoms with Crippen LogP contribution in [-0.2, 0) is 10.0 Å². The first-order chi connectivity index (χ1) is 11.9. The van der Waals surface area contributed by atoms with E-state index >= 15 is 0 Å². The number of hydrogen-bond acceptors (Lipinski definition) is 5. The molecule has 25 heavy (non-hydrogen) atoms. The van der Waals surface area contributed by atoms with Crippen LogP contribution in [0, 0.1) is 0 Å². The van der Waals surface area contributed by atoms with Crippen LogP contribution >= 0.6 is 0 Å². The van der Waals surface area contributed by atoms with Gasteiger partial charge < -0.3 is 14.8 Å². The highest BCUT2D eigenvalue weighted by Gasteiger charge is 2.20. The first-order valence-electron chi connectivity index (χ1n) is 7.57. The Morgan fingerprint density at radius 2 is 1.84 bits per heavy atom. The second kappa shape index (κ2) is 7.89. The molecule has 0 aromatic heterocycles. The van der Waals surface area contributed by atoms with Crippen molar-refractivity contribution in [1.82, 2.24) is 5.32 Å². The summed E-state index contributed by atoms with van der Waals surface area (Å²) in [5.74, 6) is 0.269. The number of amides is 1. The fourth-order valence-electron chi connectivity index (χ4n) is 2.20. The second-order valence-electron chi connectivity index (χ2n) is 4.98. The summed E-state index contributed by atoms with van der Waals surface area (Å²) >= 11 is 0. The third-order valence-corrected chi connectivity index (χ3v) is 4.75. The van der Waals surface area contributed by atoms with Gasteiger partial charge in [-0.15, -0.1) is 0 Å². The predicted octanol–water partition coefficient (Wildman–Crippen LogP) is 2.25. The van der Waals surface area contributed by atoms with Gasteiger partial charge in [-0.2, -0.15) is 0 Å². The van der Waals surface area contributed by atoms with E-state index in [1.807, 2.05) is 6.92 Å². The average molecular weight is 364 g/mol. The van der Waals surface area contributed by atoms with Gasteiger partial charge in [0.15, 0.2) is 0 Å². The van der Waals surface area contributed by atoms with Crippen LogP contribution in [0.2, 0.25) is 0 Å². The Morgan fingerprint density at radius 1 is 1.12 bits per heavy atom. The highest BCUT2D eigenvalue weighted by molar-refractivity contribution is 7.92. The molecular formula is C17H20N2O5S. The third-order valence-electron chi connectivity index (χ3n) is 3.38. The minimum Gasteiger partial charge on any atom is -0.496 e. The fourth-order valence-corrected chi connectivity index (χ4v) is 3.30. The zero-order chi connectivity index (χ0) is 18.4. The van der Waals surface area contributed by atoms with Gasteiger partial charge in [0.05, 0.1) is 29.9 Å². The maximum Gasteiger partial charge on any atom is 0.262 e. The van der Waals surface area contributed by atoms with Crippen molar-refractivity contribution in [2.75, 3.05) is 25.5 Å². The Hall–Kier alpha value is -2.74. The number of sulfonamides is 1. The second-order valence-corrected chi connectivity index (χ2v) is 6.66. The summed E-state index contributed by atoms with van der Waals surface area (Å²) in [6, 6.07) is 10.8. The molecule has 0 bridgehead atoms. The van der Waals surface area contributed by atoms with Crippen LogP contribution in [0.5, 0.6) is 11.5 Å². The molecule has 0 spiro atoms. The Balaban J connectivity index is 2.42. The number of para-hydroxylation sites is 2.